The van der Waals surface area contributed by atoms with Crippen molar-refractivity contribution in [1.29, 1.82) is 0 Å². The zero-order valence-electron chi connectivity index (χ0n) is 13.1. The predicted molar refractivity (Wildman–Crippen MR) is 82.1 cm³/mol. The van der Waals surface area contributed by atoms with E-state index in [0.717, 1.165) is 0 Å². The van der Waals surface area contributed by atoms with E-state index in [0.29, 0.717) is 45.3 Å². The highest BCUT2D eigenvalue weighted by Gasteiger charge is 2.39. The van der Waals surface area contributed by atoms with Crippen LogP contribution in [0.5, 0.6) is 0 Å². The van der Waals surface area contributed by atoms with Crippen molar-refractivity contribution in [1.82, 2.24) is 4.72 Å². The van der Waals surface area contributed by atoms with Crippen LogP contribution in [0.2, 0.25) is 6.04 Å². The van der Waals surface area contributed by atoms with Crippen molar-refractivity contribution in [3.63, 3.8) is 0 Å². The molecule has 0 aromatic rings. The van der Waals surface area contributed by atoms with Crippen LogP contribution < -0.4 is 4.72 Å². The molecule has 0 aromatic carbocycles. The number of nitrogens with one attached hydrogen (secondary N) is 1. The predicted octanol–water partition coefficient (Wildman–Crippen LogP) is 1.75. The van der Waals surface area contributed by atoms with Gasteiger partial charge >= 0.3 is 8.80 Å². The van der Waals surface area contributed by atoms with Crippen LogP contribution >= 0.6 is 0 Å². The third-order valence-corrected chi connectivity index (χ3v) is 7.29. The summed E-state index contributed by atoms with van der Waals surface area (Å²) in [6.45, 7) is 9.56. The molecular formula is C12H29NO5SSi. The molecule has 0 heterocycles. The van der Waals surface area contributed by atoms with Crippen molar-refractivity contribution in [2.45, 2.75) is 46.6 Å². The Balaban J connectivity index is 4.31. The van der Waals surface area contributed by atoms with Gasteiger partial charge in [0.05, 0.1) is 5.75 Å². The summed E-state index contributed by atoms with van der Waals surface area (Å²) in [6, 6.07) is 0.622. The molecule has 0 rings (SSSR count). The third-order valence-electron chi connectivity index (χ3n) is 2.55. The average Bonchev–Trinajstić information content (AvgIpc) is 2.36. The molecule has 20 heavy (non-hydrogen) atoms. The topological polar surface area (TPSA) is 73.9 Å². The number of hydrogen-bond donors (Lipinski definition) is 1. The molecule has 0 bridgehead atoms. The first-order chi connectivity index (χ1) is 9.45. The second-order valence-electron chi connectivity index (χ2n) is 4.30. The molecule has 0 unspecified atom stereocenters. The summed E-state index contributed by atoms with van der Waals surface area (Å²) in [4.78, 5) is 0. The van der Waals surface area contributed by atoms with Crippen LogP contribution in [0.4, 0.5) is 0 Å². The summed E-state index contributed by atoms with van der Waals surface area (Å²) in [7, 11) is -5.79. The van der Waals surface area contributed by atoms with Gasteiger partial charge in [0.2, 0.25) is 10.0 Å². The Morgan fingerprint density at radius 2 is 1.45 bits per heavy atom. The van der Waals surface area contributed by atoms with E-state index in [-0.39, 0.29) is 5.75 Å². The van der Waals surface area contributed by atoms with E-state index in [1.807, 2.05) is 27.7 Å². The number of hydrogen-bond acceptors (Lipinski definition) is 5. The minimum atomic E-state index is -3.14. The molecule has 0 saturated carbocycles. The molecule has 0 atom stereocenters. The summed E-state index contributed by atoms with van der Waals surface area (Å²) in [5.74, 6) is 0.165. The maximum atomic E-state index is 11.5. The fourth-order valence-corrected chi connectivity index (χ4v) is 5.62. The molecule has 122 valence electrons. The molecule has 0 aliphatic heterocycles. The lowest BCUT2D eigenvalue weighted by atomic mass is 10.5. The molecule has 0 aromatic heterocycles. The van der Waals surface area contributed by atoms with Gasteiger partial charge in [-0.05, 0) is 33.6 Å². The molecular weight excluding hydrogens is 298 g/mol. The maximum absolute atomic E-state index is 11.5. The highest BCUT2D eigenvalue weighted by Crippen LogP contribution is 2.17. The molecule has 0 aliphatic rings. The van der Waals surface area contributed by atoms with E-state index in [9.17, 15) is 8.42 Å². The zero-order valence-corrected chi connectivity index (χ0v) is 14.9. The first kappa shape index (κ1) is 20.0. The standard InChI is InChI=1S/C12H29NO5SSi/c1-5-11-19(14,15)13-10-9-12-20(16-6-2,17-7-3)18-8-4/h13H,5-12H2,1-4H3. The van der Waals surface area contributed by atoms with Crippen LogP contribution in [0.3, 0.4) is 0 Å². The Bertz CT molecular complexity index is 320. The van der Waals surface area contributed by atoms with Crippen LogP contribution in [-0.2, 0) is 23.3 Å². The molecule has 0 spiro atoms. The Labute approximate surface area is 124 Å². The Hall–Kier alpha value is 0.00688. The first-order valence-corrected chi connectivity index (χ1v) is 10.9. The largest absolute Gasteiger partial charge is 0.500 e. The van der Waals surface area contributed by atoms with Gasteiger partial charge in [-0.2, -0.15) is 0 Å². The smallest absolute Gasteiger partial charge is 0.374 e. The van der Waals surface area contributed by atoms with Crippen LogP contribution in [-0.4, -0.2) is 49.3 Å². The first-order valence-electron chi connectivity index (χ1n) is 7.34. The minimum absolute atomic E-state index is 0.165. The summed E-state index contributed by atoms with van der Waals surface area (Å²) < 4.78 is 42.8. The van der Waals surface area contributed by atoms with Crippen LogP contribution in [0.1, 0.15) is 40.5 Å². The van der Waals surface area contributed by atoms with Gasteiger partial charge in [-0.1, -0.05) is 6.92 Å². The van der Waals surface area contributed by atoms with Crippen molar-refractivity contribution >= 4 is 18.8 Å². The zero-order chi connectivity index (χ0) is 15.5. The molecule has 0 aliphatic carbocycles. The summed E-state index contributed by atoms with van der Waals surface area (Å²) in [5, 5.41) is 0. The lowest BCUT2D eigenvalue weighted by molar-refractivity contribution is 0.0709. The Kier molecular flexibility index (Phi) is 10.7. The Morgan fingerprint density at radius 1 is 0.950 bits per heavy atom. The molecule has 0 fully saturated rings. The number of sulfonamides is 1. The molecule has 0 radical (unpaired) electrons. The van der Waals surface area contributed by atoms with Gasteiger partial charge in [0.25, 0.3) is 0 Å². The second kappa shape index (κ2) is 10.7. The van der Waals surface area contributed by atoms with Crippen LogP contribution in [0, 0.1) is 0 Å². The highest BCUT2D eigenvalue weighted by atomic mass is 32.2. The molecule has 6 nitrogen and oxygen atoms in total. The van der Waals surface area contributed by atoms with Gasteiger partial charge in [0.15, 0.2) is 0 Å². The van der Waals surface area contributed by atoms with Crippen molar-refractivity contribution in [2.24, 2.45) is 0 Å². The van der Waals surface area contributed by atoms with Gasteiger partial charge in [0, 0.05) is 32.4 Å². The Morgan fingerprint density at radius 3 is 1.85 bits per heavy atom. The fraction of sp³-hybridized carbons (Fsp3) is 1.00. The van der Waals surface area contributed by atoms with Gasteiger partial charge in [-0.25, -0.2) is 13.1 Å². The van der Waals surface area contributed by atoms with E-state index in [2.05, 4.69) is 4.72 Å². The summed E-state index contributed by atoms with van der Waals surface area (Å²) in [6.07, 6.45) is 1.26. The highest BCUT2D eigenvalue weighted by molar-refractivity contribution is 7.89. The SMILES string of the molecule is CCCS(=O)(=O)NCCC[Si](OCC)(OCC)OCC. The molecule has 0 amide bonds. The minimum Gasteiger partial charge on any atom is -0.374 e. The van der Waals surface area contributed by atoms with Crippen LogP contribution in [0.25, 0.3) is 0 Å². The molecule has 1 N–H and O–H groups in total. The van der Waals surface area contributed by atoms with Crippen molar-refractivity contribution in [3.8, 4) is 0 Å². The van der Waals surface area contributed by atoms with Gasteiger partial charge < -0.3 is 13.3 Å². The van der Waals surface area contributed by atoms with E-state index >= 15 is 0 Å². The fourth-order valence-electron chi connectivity index (χ4n) is 1.87. The van der Waals surface area contributed by atoms with E-state index in [4.69, 9.17) is 13.3 Å². The maximum Gasteiger partial charge on any atom is 0.500 e. The van der Waals surface area contributed by atoms with Crippen molar-refractivity contribution in [2.75, 3.05) is 32.1 Å². The normalized spacial score (nSPS) is 12.8. The lowest BCUT2D eigenvalue weighted by Crippen LogP contribution is -2.46. The third kappa shape index (κ3) is 8.33. The lowest BCUT2D eigenvalue weighted by Gasteiger charge is -2.28. The van der Waals surface area contributed by atoms with Gasteiger partial charge in [-0.15, -0.1) is 0 Å². The van der Waals surface area contributed by atoms with E-state index < -0.39 is 18.8 Å². The van der Waals surface area contributed by atoms with Crippen LogP contribution in [0.15, 0.2) is 0 Å². The number of rotatable bonds is 13. The molecule has 0 saturated heterocycles. The monoisotopic (exact) mass is 327 g/mol. The molecule has 8 heteroatoms. The van der Waals surface area contributed by atoms with E-state index in [1.54, 1.807) is 0 Å². The van der Waals surface area contributed by atoms with Crippen molar-refractivity contribution in [3.05, 3.63) is 0 Å². The second-order valence-corrected chi connectivity index (χ2v) is 8.96. The summed E-state index contributed by atoms with van der Waals surface area (Å²) in [5.41, 5.74) is 0. The van der Waals surface area contributed by atoms with Crippen molar-refractivity contribution < 1.29 is 21.7 Å². The van der Waals surface area contributed by atoms with E-state index in [1.165, 1.54) is 0 Å². The quantitative estimate of drug-likeness (QED) is 0.412. The van der Waals surface area contributed by atoms with Gasteiger partial charge in [0.1, 0.15) is 0 Å². The van der Waals surface area contributed by atoms with Gasteiger partial charge in [-0.3, -0.25) is 0 Å². The average molecular weight is 328 g/mol. The summed E-state index contributed by atoms with van der Waals surface area (Å²) >= 11 is 0.